The summed E-state index contributed by atoms with van der Waals surface area (Å²) in [5, 5.41) is 5.18. The number of nitrogens with zero attached hydrogens (tertiary/aromatic N) is 1. The molecule has 0 atom stereocenters. The summed E-state index contributed by atoms with van der Waals surface area (Å²) >= 11 is 8.92. The molecule has 26 heavy (non-hydrogen) atoms. The second-order valence-electron chi connectivity index (χ2n) is 5.48. The van der Waals surface area contributed by atoms with Gasteiger partial charge < -0.3 is 5.32 Å². The fourth-order valence-electron chi connectivity index (χ4n) is 2.27. The number of carbonyl (C=O) groups excluding carboxylic acids is 2. The van der Waals surface area contributed by atoms with E-state index in [-0.39, 0.29) is 17.4 Å². The van der Waals surface area contributed by atoms with Crippen molar-refractivity contribution in [2.24, 2.45) is 0 Å². The molecule has 1 amide bonds. The van der Waals surface area contributed by atoms with Crippen LogP contribution >= 0.6 is 34.7 Å². The van der Waals surface area contributed by atoms with Crippen LogP contribution in [0.25, 0.3) is 0 Å². The highest BCUT2D eigenvalue weighted by Gasteiger charge is 2.16. The highest BCUT2D eigenvalue weighted by molar-refractivity contribution is 8.01. The summed E-state index contributed by atoms with van der Waals surface area (Å²) in [6.45, 7) is 1.91. The van der Waals surface area contributed by atoms with E-state index < -0.39 is 0 Å². The van der Waals surface area contributed by atoms with E-state index in [1.807, 2.05) is 18.4 Å². The Balaban J connectivity index is 1.75. The predicted octanol–water partition coefficient (Wildman–Crippen LogP) is 5.07. The third kappa shape index (κ3) is 4.72. The van der Waals surface area contributed by atoms with Gasteiger partial charge in [-0.3, -0.25) is 9.59 Å². The number of thioether (sulfide) groups is 1. The van der Waals surface area contributed by atoms with Crippen LogP contribution in [0.4, 0.5) is 5.69 Å². The molecule has 0 bridgehead atoms. The zero-order valence-electron chi connectivity index (χ0n) is 13.9. The van der Waals surface area contributed by atoms with E-state index in [9.17, 15) is 9.59 Å². The number of hydrogen-bond acceptors (Lipinski definition) is 5. The van der Waals surface area contributed by atoms with Crippen molar-refractivity contribution in [1.82, 2.24) is 4.98 Å². The van der Waals surface area contributed by atoms with Gasteiger partial charge in [0.05, 0.1) is 11.4 Å². The number of hydrogen-bond donors (Lipinski definition) is 1. The Morgan fingerprint density at radius 1 is 1.19 bits per heavy atom. The van der Waals surface area contributed by atoms with Gasteiger partial charge in [0.2, 0.25) is 5.91 Å². The number of aromatic nitrogens is 1. The molecule has 0 aliphatic carbocycles. The van der Waals surface area contributed by atoms with Crippen LogP contribution in [0.3, 0.4) is 0 Å². The quantitative estimate of drug-likeness (QED) is 0.462. The van der Waals surface area contributed by atoms with Crippen molar-refractivity contribution in [1.29, 1.82) is 0 Å². The first-order valence-electron chi connectivity index (χ1n) is 7.77. The van der Waals surface area contributed by atoms with Gasteiger partial charge in [0, 0.05) is 27.2 Å². The summed E-state index contributed by atoms with van der Waals surface area (Å²) in [5.41, 5.74) is 2.29. The maximum absolute atomic E-state index is 12.8. The zero-order chi connectivity index (χ0) is 18.5. The zero-order valence-corrected chi connectivity index (χ0v) is 16.3. The van der Waals surface area contributed by atoms with E-state index >= 15 is 0 Å². The van der Waals surface area contributed by atoms with Gasteiger partial charge in [0.15, 0.2) is 10.1 Å². The van der Waals surface area contributed by atoms with Gasteiger partial charge in [-0.1, -0.05) is 53.7 Å². The summed E-state index contributed by atoms with van der Waals surface area (Å²) in [7, 11) is 0. The van der Waals surface area contributed by atoms with Crippen molar-refractivity contribution in [3.63, 3.8) is 0 Å². The Bertz CT molecular complexity index is 942. The van der Waals surface area contributed by atoms with Gasteiger partial charge in [0.1, 0.15) is 0 Å². The lowest BCUT2D eigenvalue weighted by Crippen LogP contribution is -2.17. The van der Waals surface area contributed by atoms with Gasteiger partial charge in [-0.2, -0.15) is 0 Å². The molecule has 2 aromatic carbocycles. The molecule has 0 unspecified atom stereocenters. The average Bonchev–Trinajstić information content (AvgIpc) is 3.07. The Kier molecular flexibility index (Phi) is 6.08. The highest BCUT2D eigenvalue weighted by Crippen LogP contribution is 2.25. The minimum Gasteiger partial charge on any atom is -0.325 e. The summed E-state index contributed by atoms with van der Waals surface area (Å²) in [4.78, 5) is 29.4. The van der Waals surface area contributed by atoms with Crippen LogP contribution in [0.2, 0.25) is 5.02 Å². The first-order chi connectivity index (χ1) is 12.5. The van der Waals surface area contributed by atoms with Crippen molar-refractivity contribution in [3.05, 3.63) is 75.8 Å². The van der Waals surface area contributed by atoms with Gasteiger partial charge in [0.25, 0.3) is 0 Å². The highest BCUT2D eigenvalue weighted by atomic mass is 35.5. The van der Waals surface area contributed by atoms with Crippen LogP contribution in [-0.4, -0.2) is 22.4 Å². The van der Waals surface area contributed by atoms with Crippen LogP contribution in [-0.2, 0) is 4.79 Å². The van der Waals surface area contributed by atoms with Crippen molar-refractivity contribution in [2.45, 2.75) is 11.3 Å². The molecule has 3 aromatic rings. The molecule has 0 fully saturated rings. The van der Waals surface area contributed by atoms with Gasteiger partial charge >= 0.3 is 0 Å². The fraction of sp³-hybridized carbons (Fsp3) is 0.105. The standard InChI is InChI=1S/C19H15ClN2O2S2/c1-12-10-25-19(21-12)26-11-17(23)22-16-8-7-14(20)9-15(16)18(24)13-5-3-2-4-6-13/h2-10H,11H2,1H3,(H,22,23). The second-order valence-corrected chi connectivity index (χ2v) is 7.99. The summed E-state index contributed by atoms with van der Waals surface area (Å²) in [5.74, 6) is -0.173. The summed E-state index contributed by atoms with van der Waals surface area (Å²) in [6, 6.07) is 13.8. The number of ketones is 1. The van der Waals surface area contributed by atoms with Crippen molar-refractivity contribution in [3.8, 4) is 0 Å². The molecular formula is C19H15ClN2O2S2. The largest absolute Gasteiger partial charge is 0.325 e. The molecule has 4 nitrogen and oxygen atoms in total. The number of thiazole rings is 1. The van der Waals surface area contributed by atoms with E-state index in [1.165, 1.54) is 23.1 Å². The Hall–Kier alpha value is -2.15. The summed E-state index contributed by atoms with van der Waals surface area (Å²) < 4.78 is 0.842. The average molecular weight is 403 g/mol. The van der Waals surface area contributed by atoms with Crippen LogP contribution < -0.4 is 5.32 Å². The number of halogens is 1. The lowest BCUT2D eigenvalue weighted by molar-refractivity contribution is -0.113. The number of carbonyl (C=O) groups is 2. The fourth-order valence-corrected chi connectivity index (χ4v) is 4.09. The van der Waals surface area contributed by atoms with E-state index in [4.69, 9.17) is 11.6 Å². The predicted molar refractivity (Wildman–Crippen MR) is 108 cm³/mol. The second kappa shape index (κ2) is 8.49. The number of nitrogens with one attached hydrogen (secondary N) is 1. The van der Waals surface area contributed by atoms with Crippen molar-refractivity contribution < 1.29 is 9.59 Å². The van der Waals surface area contributed by atoms with Gasteiger partial charge in [-0.25, -0.2) is 4.98 Å². The molecule has 7 heteroatoms. The van der Waals surface area contributed by atoms with E-state index in [0.717, 1.165) is 10.0 Å². The number of aryl methyl sites for hydroxylation is 1. The number of benzene rings is 2. The normalized spacial score (nSPS) is 10.5. The molecule has 1 heterocycles. The number of anilines is 1. The molecule has 0 spiro atoms. The molecule has 0 radical (unpaired) electrons. The molecule has 1 aromatic heterocycles. The number of amides is 1. The molecule has 0 saturated carbocycles. The molecule has 0 aliphatic heterocycles. The smallest absolute Gasteiger partial charge is 0.234 e. The maximum Gasteiger partial charge on any atom is 0.234 e. The van der Waals surface area contributed by atoms with Gasteiger partial charge in [-0.05, 0) is 25.1 Å². The minimum atomic E-state index is -0.202. The first kappa shape index (κ1) is 18.6. The minimum absolute atomic E-state index is 0.188. The van der Waals surface area contributed by atoms with Crippen LogP contribution in [0.15, 0.2) is 58.3 Å². The topological polar surface area (TPSA) is 59.1 Å². The lowest BCUT2D eigenvalue weighted by atomic mass is 10.0. The third-order valence-corrected chi connectivity index (χ3v) is 5.83. The van der Waals surface area contributed by atoms with Crippen LogP contribution in [0.1, 0.15) is 21.6 Å². The van der Waals surface area contributed by atoms with Crippen LogP contribution in [0.5, 0.6) is 0 Å². The lowest BCUT2D eigenvalue weighted by Gasteiger charge is -2.11. The monoisotopic (exact) mass is 402 g/mol. The molecule has 1 N–H and O–H groups in total. The van der Waals surface area contributed by atoms with Gasteiger partial charge in [-0.15, -0.1) is 11.3 Å². The van der Waals surface area contributed by atoms with E-state index in [2.05, 4.69) is 10.3 Å². The molecule has 0 aliphatic rings. The van der Waals surface area contributed by atoms with Crippen LogP contribution in [0, 0.1) is 6.92 Å². The number of rotatable bonds is 6. The Morgan fingerprint density at radius 2 is 1.96 bits per heavy atom. The third-order valence-electron chi connectivity index (χ3n) is 3.46. The Morgan fingerprint density at radius 3 is 2.65 bits per heavy atom. The molecule has 3 rings (SSSR count). The molecular weight excluding hydrogens is 388 g/mol. The Labute approximate surface area is 164 Å². The SMILES string of the molecule is Cc1csc(SCC(=O)Nc2ccc(Cl)cc2C(=O)c2ccccc2)n1. The van der Waals surface area contributed by atoms with E-state index in [1.54, 1.807) is 42.5 Å². The van der Waals surface area contributed by atoms with Crippen molar-refractivity contribution >= 4 is 52.1 Å². The maximum atomic E-state index is 12.8. The van der Waals surface area contributed by atoms with Crippen molar-refractivity contribution in [2.75, 3.05) is 11.1 Å². The first-order valence-corrected chi connectivity index (χ1v) is 10.0. The molecule has 0 saturated heterocycles. The molecule has 132 valence electrons. The summed E-state index contributed by atoms with van der Waals surface area (Å²) in [6.07, 6.45) is 0. The van der Waals surface area contributed by atoms with E-state index in [0.29, 0.717) is 21.8 Å².